The summed E-state index contributed by atoms with van der Waals surface area (Å²) in [7, 11) is 1.62. The van der Waals surface area contributed by atoms with Gasteiger partial charge in [-0.2, -0.15) is 0 Å². The Hall–Kier alpha value is -1.97. The Labute approximate surface area is 99.5 Å². The normalized spacial score (nSPS) is 18.5. The van der Waals surface area contributed by atoms with Gasteiger partial charge in [0, 0.05) is 12.0 Å². The molecule has 1 aliphatic rings. The van der Waals surface area contributed by atoms with Gasteiger partial charge in [0.15, 0.2) is 0 Å². The summed E-state index contributed by atoms with van der Waals surface area (Å²) in [4.78, 5) is 10.4. The van der Waals surface area contributed by atoms with Crippen LogP contribution in [0.5, 0.6) is 11.5 Å². The molecule has 0 fully saturated rings. The molecule has 1 atom stereocenters. The van der Waals surface area contributed by atoms with E-state index in [1.807, 2.05) is 18.2 Å². The van der Waals surface area contributed by atoms with E-state index in [1.54, 1.807) is 13.2 Å². The second kappa shape index (κ2) is 4.91. The molecule has 4 heteroatoms. The number of hydrogen-bond donors (Lipinski definition) is 1. The van der Waals surface area contributed by atoms with Gasteiger partial charge in [0.2, 0.25) is 0 Å². The predicted molar refractivity (Wildman–Crippen MR) is 62.5 cm³/mol. The van der Waals surface area contributed by atoms with Gasteiger partial charge in [0.05, 0.1) is 13.7 Å². The van der Waals surface area contributed by atoms with Crippen LogP contribution in [0.1, 0.15) is 5.56 Å². The molecule has 17 heavy (non-hydrogen) atoms. The molecule has 0 aromatic heterocycles. The highest BCUT2D eigenvalue weighted by atomic mass is 16.5. The number of carboxylic acids is 1. The standard InChI is InChI=1S/C13H14O4/c1-16-11-3-4-12-10(7-11)6-9(8-17-12)2-5-13(14)15/h2-5,7,9H,6,8H2,1H3,(H,14,15). The van der Waals surface area contributed by atoms with Gasteiger partial charge in [-0.25, -0.2) is 4.79 Å². The fourth-order valence-corrected chi connectivity index (χ4v) is 1.86. The molecule has 0 spiro atoms. The van der Waals surface area contributed by atoms with Crippen LogP contribution in [0, 0.1) is 5.92 Å². The molecule has 1 aliphatic heterocycles. The quantitative estimate of drug-likeness (QED) is 0.811. The molecule has 0 amide bonds. The van der Waals surface area contributed by atoms with Gasteiger partial charge in [0.25, 0.3) is 0 Å². The first kappa shape index (κ1) is 11.5. The number of benzene rings is 1. The third-order valence-electron chi connectivity index (χ3n) is 2.71. The third kappa shape index (κ3) is 2.78. The molecule has 1 aromatic carbocycles. The summed E-state index contributed by atoms with van der Waals surface area (Å²) >= 11 is 0. The predicted octanol–water partition coefficient (Wildman–Crippen LogP) is 1.89. The van der Waals surface area contributed by atoms with Crippen molar-refractivity contribution in [2.75, 3.05) is 13.7 Å². The van der Waals surface area contributed by atoms with E-state index in [0.717, 1.165) is 23.5 Å². The lowest BCUT2D eigenvalue weighted by Crippen LogP contribution is -2.19. The lowest BCUT2D eigenvalue weighted by atomic mass is 9.96. The molecular formula is C13H14O4. The zero-order valence-corrected chi connectivity index (χ0v) is 9.55. The van der Waals surface area contributed by atoms with E-state index in [4.69, 9.17) is 14.6 Å². The van der Waals surface area contributed by atoms with Crippen LogP contribution in [0.4, 0.5) is 0 Å². The highest BCUT2D eigenvalue weighted by Gasteiger charge is 2.18. The summed E-state index contributed by atoms with van der Waals surface area (Å²) < 4.78 is 10.7. The number of fused-ring (bicyclic) bond motifs is 1. The van der Waals surface area contributed by atoms with Gasteiger partial charge in [-0.05, 0) is 30.2 Å². The van der Waals surface area contributed by atoms with Gasteiger partial charge in [-0.3, -0.25) is 0 Å². The van der Waals surface area contributed by atoms with Gasteiger partial charge < -0.3 is 14.6 Å². The molecule has 0 aliphatic carbocycles. The number of carboxylic acid groups (broad SMARTS) is 1. The van der Waals surface area contributed by atoms with E-state index in [-0.39, 0.29) is 5.92 Å². The van der Waals surface area contributed by atoms with Crippen molar-refractivity contribution in [1.29, 1.82) is 0 Å². The van der Waals surface area contributed by atoms with Crippen LogP contribution in [0.2, 0.25) is 0 Å². The van der Waals surface area contributed by atoms with E-state index < -0.39 is 5.97 Å². The summed E-state index contributed by atoms with van der Waals surface area (Å²) in [6, 6.07) is 5.66. The van der Waals surface area contributed by atoms with E-state index >= 15 is 0 Å². The van der Waals surface area contributed by atoms with Gasteiger partial charge in [-0.1, -0.05) is 6.08 Å². The van der Waals surface area contributed by atoms with E-state index in [2.05, 4.69) is 0 Å². The van der Waals surface area contributed by atoms with E-state index in [1.165, 1.54) is 6.08 Å². The highest BCUT2D eigenvalue weighted by molar-refractivity contribution is 5.79. The number of rotatable bonds is 3. The Morgan fingerprint density at radius 1 is 1.59 bits per heavy atom. The van der Waals surface area contributed by atoms with Crippen LogP contribution in [-0.4, -0.2) is 24.8 Å². The maximum atomic E-state index is 10.4. The Morgan fingerprint density at radius 2 is 2.41 bits per heavy atom. The lowest BCUT2D eigenvalue weighted by molar-refractivity contribution is -0.131. The third-order valence-corrected chi connectivity index (χ3v) is 2.71. The van der Waals surface area contributed by atoms with Crippen LogP contribution in [-0.2, 0) is 11.2 Å². The molecule has 1 unspecified atom stereocenters. The van der Waals surface area contributed by atoms with Crippen LogP contribution in [0.15, 0.2) is 30.4 Å². The molecule has 2 rings (SSSR count). The fraction of sp³-hybridized carbons (Fsp3) is 0.308. The largest absolute Gasteiger partial charge is 0.497 e. The molecule has 4 nitrogen and oxygen atoms in total. The maximum Gasteiger partial charge on any atom is 0.327 e. The van der Waals surface area contributed by atoms with Crippen molar-refractivity contribution >= 4 is 5.97 Å². The topological polar surface area (TPSA) is 55.8 Å². The SMILES string of the molecule is COc1ccc2c(c1)CC(C=CC(=O)O)CO2. The van der Waals surface area contributed by atoms with Crippen LogP contribution in [0.3, 0.4) is 0 Å². The molecule has 0 saturated heterocycles. The first-order chi connectivity index (χ1) is 8.19. The average molecular weight is 234 g/mol. The number of aliphatic carboxylic acids is 1. The zero-order chi connectivity index (χ0) is 12.3. The minimum absolute atomic E-state index is 0.103. The Bertz CT molecular complexity index is 451. The van der Waals surface area contributed by atoms with E-state index in [0.29, 0.717) is 6.61 Å². The fourth-order valence-electron chi connectivity index (χ4n) is 1.86. The number of carbonyl (C=O) groups is 1. The molecular weight excluding hydrogens is 220 g/mol. The summed E-state index contributed by atoms with van der Waals surface area (Å²) in [5.74, 6) is 0.813. The highest BCUT2D eigenvalue weighted by Crippen LogP contribution is 2.30. The van der Waals surface area contributed by atoms with Crippen molar-refractivity contribution < 1.29 is 19.4 Å². The Morgan fingerprint density at radius 3 is 3.12 bits per heavy atom. The van der Waals surface area contributed by atoms with Crippen molar-refractivity contribution in [2.24, 2.45) is 5.92 Å². The number of hydrogen-bond acceptors (Lipinski definition) is 3. The van der Waals surface area contributed by atoms with Crippen LogP contribution >= 0.6 is 0 Å². The summed E-state index contributed by atoms with van der Waals surface area (Å²) in [6.07, 6.45) is 3.61. The Kier molecular flexibility index (Phi) is 3.32. The summed E-state index contributed by atoms with van der Waals surface area (Å²) in [6.45, 7) is 0.517. The van der Waals surface area contributed by atoms with Gasteiger partial charge in [-0.15, -0.1) is 0 Å². The number of methoxy groups -OCH3 is 1. The number of ether oxygens (including phenoxy) is 2. The summed E-state index contributed by atoms with van der Waals surface area (Å²) in [5.41, 5.74) is 1.05. The van der Waals surface area contributed by atoms with Crippen molar-refractivity contribution in [2.45, 2.75) is 6.42 Å². The Balaban J connectivity index is 2.14. The molecule has 0 radical (unpaired) electrons. The van der Waals surface area contributed by atoms with Crippen molar-refractivity contribution in [1.82, 2.24) is 0 Å². The molecule has 0 saturated carbocycles. The second-order valence-corrected chi connectivity index (χ2v) is 3.95. The van der Waals surface area contributed by atoms with Crippen LogP contribution < -0.4 is 9.47 Å². The first-order valence-corrected chi connectivity index (χ1v) is 5.40. The molecule has 1 N–H and O–H groups in total. The molecule has 90 valence electrons. The van der Waals surface area contributed by atoms with Gasteiger partial charge >= 0.3 is 5.97 Å². The molecule has 1 aromatic rings. The van der Waals surface area contributed by atoms with E-state index in [9.17, 15) is 4.79 Å². The van der Waals surface area contributed by atoms with Gasteiger partial charge in [0.1, 0.15) is 11.5 Å². The first-order valence-electron chi connectivity index (χ1n) is 5.40. The van der Waals surface area contributed by atoms with Crippen molar-refractivity contribution in [3.05, 3.63) is 35.9 Å². The average Bonchev–Trinajstić information content (AvgIpc) is 2.35. The lowest BCUT2D eigenvalue weighted by Gasteiger charge is -2.23. The second-order valence-electron chi connectivity index (χ2n) is 3.95. The summed E-state index contributed by atoms with van der Waals surface area (Å²) in [5, 5.41) is 8.57. The monoisotopic (exact) mass is 234 g/mol. The van der Waals surface area contributed by atoms with Crippen molar-refractivity contribution in [3.63, 3.8) is 0 Å². The zero-order valence-electron chi connectivity index (χ0n) is 9.55. The maximum absolute atomic E-state index is 10.4. The van der Waals surface area contributed by atoms with Crippen molar-refractivity contribution in [3.8, 4) is 11.5 Å². The van der Waals surface area contributed by atoms with Crippen LogP contribution in [0.25, 0.3) is 0 Å². The minimum atomic E-state index is -0.929. The molecule has 0 bridgehead atoms. The molecule has 1 heterocycles. The minimum Gasteiger partial charge on any atom is -0.497 e. The smallest absolute Gasteiger partial charge is 0.327 e.